The van der Waals surface area contributed by atoms with E-state index in [9.17, 15) is 8.42 Å². The molecule has 0 unspecified atom stereocenters. The number of morpholine rings is 1. The van der Waals surface area contributed by atoms with Gasteiger partial charge in [0.1, 0.15) is 5.65 Å². The second kappa shape index (κ2) is 8.66. The van der Waals surface area contributed by atoms with Gasteiger partial charge in [-0.25, -0.2) is 13.4 Å². The molecule has 0 atom stereocenters. The van der Waals surface area contributed by atoms with Gasteiger partial charge in [-0.05, 0) is 36.8 Å². The highest BCUT2D eigenvalue weighted by Crippen LogP contribution is 2.28. The predicted molar refractivity (Wildman–Crippen MR) is 119 cm³/mol. The molecule has 0 saturated carbocycles. The molecule has 32 heavy (non-hydrogen) atoms. The van der Waals surface area contributed by atoms with E-state index in [1.807, 2.05) is 35.9 Å². The fourth-order valence-corrected chi connectivity index (χ4v) is 5.62. The van der Waals surface area contributed by atoms with Gasteiger partial charge in [-0.2, -0.15) is 4.31 Å². The Hall–Kier alpha value is -2.73. The molecule has 0 spiro atoms. The van der Waals surface area contributed by atoms with Gasteiger partial charge in [0.25, 0.3) is 5.22 Å². The lowest BCUT2D eigenvalue weighted by Crippen LogP contribution is -2.40. The molecule has 11 heteroatoms. The SMILES string of the molecule is Cc1cccn2cc(CSc3nnc(-c4cccc(S(=O)(=O)N5CCOCC5)c4)o3)nc12. The van der Waals surface area contributed by atoms with Crippen molar-refractivity contribution in [1.82, 2.24) is 23.9 Å². The summed E-state index contributed by atoms with van der Waals surface area (Å²) in [7, 11) is -3.60. The maximum absolute atomic E-state index is 12.9. The first-order valence-electron chi connectivity index (χ1n) is 10.1. The number of hydrogen-bond acceptors (Lipinski definition) is 8. The number of sulfonamides is 1. The zero-order valence-electron chi connectivity index (χ0n) is 17.3. The van der Waals surface area contributed by atoms with Crippen molar-refractivity contribution >= 4 is 27.4 Å². The molecule has 1 aromatic carbocycles. The number of aryl methyl sites for hydroxylation is 1. The van der Waals surface area contributed by atoms with Crippen LogP contribution < -0.4 is 0 Å². The molecule has 0 aliphatic carbocycles. The Morgan fingerprint density at radius 1 is 1.12 bits per heavy atom. The summed E-state index contributed by atoms with van der Waals surface area (Å²) >= 11 is 1.39. The van der Waals surface area contributed by atoms with Crippen LogP contribution in [0, 0.1) is 6.92 Å². The molecule has 3 aromatic heterocycles. The number of benzene rings is 1. The van der Waals surface area contributed by atoms with Gasteiger partial charge in [0, 0.05) is 36.8 Å². The summed E-state index contributed by atoms with van der Waals surface area (Å²) in [5, 5.41) is 8.59. The van der Waals surface area contributed by atoms with Crippen LogP contribution in [0.1, 0.15) is 11.3 Å². The number of rotatable bonds is 6. The minimum Gasteiger partial charge on any atom is -0.411 e. The molecule has 0 radical (unpaired) electrons. The second-order valence-corrected chi connectivity index (χ2v) is 10.2. The molecule has 0 N–H and O–H groups in total. The van der Waals surface area contributed by atoms with Crippen LogP contribution in [0.15, 0.2) is 63.3 Å². The summed E-state index contributed by atoms with van der Waals surface area (Å²) in [6.07, 6.45) is 3.94. The Kier molecular flexibility index (Phi) is 5.72. The van der Waals surface area contributed by atoms with Gasteiger partial charge in [-0.3, -0.25) is 0 Å². The van der Waals surface area contributed by atoms with Gasteiger partial charge in [0.05, 0.1) is 23.8 Å². The number of ether oxygens (including phenoxy) is 1. The average molecular weight is 472 g/mol. The number of aromatic nitrogens is 4. The predicted octanol–water partition coefficient (Wildman–Crippen LogP) is 3.01. The molecular formula is C21H21N5O4S2. The van der Waals surface area contributed by atoms with Crippen LogP contribution in [0.25, 0.3) is 17.1 Å². The average Bonchev–Trinajstić information content (AvgIpc) is 3.46. The third-order valence-electron chi connectivity index (χ3n) is 5.17. The number of nitrogens with zero attached hydrogens (tertiary/aromatic N) is 5. The normalized spacial score (nSPS) is 15.4. The highest BCUT2D eigenvalue weighted by atomic mass is 32.2. The van der Waals surface area contributed by atoms with E-state index >= 15 is 0 Å². The standard InChI is InChI=1S/C21H21N5O4S2/c1-15-4-3-7-25-13-17(22-19(15)25)14-31-21-24-23-20(30-21)16-5-2-6-18(12-16)32(27,28)26-8-10-29-11-9-26/h2-7,12-13H,8-11,14H2,1H3. The molecule has 9 nitrogen and oxygen atoms in total. The largest absolute Gasteiger partial charge is 0.411 e. The highest BCUT2D eigenvalue weighted by Gasteiger charge is 2.27. The van der Waals surface area contributed by atoms with E-state index in [0.29, 0.717) is 42.8 Å². The first kappa shape index (κ1) is 21.1. The minimum absolute atomic E-state index is 0.198. The number of fused-ring (bicyclic) bond motifs is 1. The zero-order valence-corrected chi connectivity index (χ0v) is 19.0. The summed E-state index contributed by atoms with van der Waals surface area (Å²) in [5.74, 6) is 0.853. The molecule has 1 saturated heterocycles. The topological polar surface area (TPSA) is 103 Å². The third-order valence-corrected chi connectivity index (χ3v) is 7.91. The summed E-state index contributed by atoms with van der Waals surface area (Å²) < 4.78 is 40.3. The van der Waals surface area contributed by atoms with Gasteiger partial charge in [0.2, 0.25) is 15.9 Å². The van der Waals surface area contributed by atoms with E-state index < -0.39 is 10.0 Å². The van der Waals surface area contributed by atoms with Crippen LogP contribution in [0.4, 0.5) is 0 Å². The fourth-order valence-electron chi connectivity index (χ4n) is 3.52. The lowest BCUT2D eigenvalue weighted by molar-refractivity contribution is 0.0730. The summed E-state index contributed by atoms with van der Waals surface area (Å²) in [6.45, 7) is 3.51. The van der Waals surface area contributed by atoms with Crippen molar-refractivity contribution in [3.8, 4) is 11.5 Å². The molecular weight excluding hydrogens is 450 g/mol. The van der Waals surface area contributed by atoms with Gasteiger partial charge >= 0.3 is 0 Å². The van der Waals surface area contributed by atoms with Gasteiger partial charge in [-0.15, -0.1) is 10.2 Å². The van der Waals surface area contributed by atoms with E-state index in [2.05, 4.69) is 15.2 Å². The highest BCUT2D eigenvalue weighted by molar-refractivity contribution is 7.98. The molecule has 1 fully saturated rings. The molecule has 166 valence electrons. The maximum atomic E-state index is 12.9. The Morgan fingerprint density at radius 2 is 1.97 bits per heavy atom. The number of thioether (sulfide) groups is 1. The second-order valence-electron chi connectivity index (χ2n) is 7.36. The van der Waals surface area contributed by atoms with Gasteiger partial charge < -0.3 is 13.6 Å². The number of pyridine rings is 1. The van der Waals surface area contributed by atoms with Crippen molar-refractivity contribution in [2.45, 2.75) is 22.8 Å². The summed E-state index contributed by atoms with van der Waals surface area (Å²) in [6, 6.07) is 10.6. The minimum atomic E-state index is -3.60. The Morgan fingerprint density at radius 3 is 2.78 bits per heavy atom. The summed E-state index contributed by atoms with van der Waals surface area (Å²) in [5.41, 5.74) is 3.49. The number of hydrogen-bond donors (Lipinski definition) is 0. The Labute approximate surface area is 189 Å². The molecule has 1 aliphatic rings. The van der Waals surface area contributed by atoms with E-state index in [1.165, 1.54) is 16.1 Å². The van der Waals surface area contributed by atoms with Gasteiger partial charge in [-0.1, -0.05) is 23.9 Å². The molecule has 1 aliphatic heterocycles. The lowest BCUT2D eigenvalue weighted by atomic mass is 10.2. The van der Waals surface area contributed by atoms with Crippen molar-refractivity contribution in [3.63, 3.8) is 0 Å². The number of imidazole rings is 1. The molecule has 5 rings (SSSR count). The molecule has 0 amide bonds. The molecule has 0 bridgehead atoms. The first-order chi connectivity index (χ1) is 15.5. The van der Waals surface area contributed by atoms with Crippen molar-refractivity contribution in [1.29, 1.82) is 0 Å². The van der Waals surface area contributed by atoms with Crippen molar-refractivity contribution in [2.75, 3.05) is 26.3 Å². The van der Waals surface area contributed by atoms with Crippen LogP contribution in [0.3, 0.4) is 0 Å². The van der Waals surface area contributed by atoms with E-state index in [1.54, 1.807) is 24.3 Å². The van der Waals surface area contributed by atoms with E-state index in [0.717, 1.165) is 16.9 Å². The lowest BCUT2D eigenvalue weighted by Gasteiger charge is -2.26. The van der Waals surface area contributed by atoms with Crippen molar-refractivity contribution in [3.05, 3.63) is 60.0 Å². The monoisotopic (exact) mass is 471 g/mol. The van der Waals surface area contributed by atoms with E-state index in [-0.39, 0.29) is 10.8 Å². The van der Waals surface area contributed by atoms with Crippen molar-refractivity contribution in [2.24, 2.45) is 0 Å². The molecule has 4 aromatic rings. The van der Waals surface area contributed by atoms with Crippen LogP contribution in [-0.4, -0.2) is 58.6 Å². The fraction of sp³-hybridized carbons (Fsp3) is 0.286. The molecule has 4 heterocycles. The smallest absolute Gasteiger partial charge is 0.277 e. The summed E-state index contributed by atoms with van der Waals surface area (Å²) in [4.78, 5) is 4.85. The van der Waals surface area contributed by atoms with Crippen LogP contribution in [-0.2, 0) is 20.5 Å². The van der Waals surface area contributed by atoms with Crippen molar-refractivity contribution < 1.29 is 17.6 Å². The Bertz CT molecular complexity index is 1360. The Balaban J connectivity index is 1.32. The van der Waals surface area contributed by atoms with Crippen LogP contribution >= 0.6 is 11.8 Å². The third kappa shape index (κ3) is 4.16. The van der Waals surface area contributed by atoms with Gasteiger partial charge in [0.15, 0.2) is 0 Å². The van der Waals surface area contributed by atoms with Crippen LogP contribution in [0.5, 0.6) is 0 Å². The quantitative estimate of drug-likeness (QED) is 0.396. The van der Waals surface area contributed by atoms with Crippen LogP contribution in [0.2, 0.25) is 0 Å². The van der Waals surface area contributed by atoms with E-state index in [4.69, 9.17) is 9.15 Å². The first-order valence-corrected chi connectivity index (χ1v) is 12.5. The zero-order chi connectivity index (χ0) is 22.1. The maximum Gasteiger partial charge on any atom is 0.277 e.